The molecule has 0 radical (unpaired) electrons. The van der Waals surface area contributed by atoms with Crippen LogP contribution in [-0.4, -0.2) is 43.0 Å². The number of pyridine rings is 1. The number of carbonyl (C=O) groups excluding carboxylic acids is 1. The molecule has 1 amide bonds. The quantitative estimate of drug-likeness (QED) is 0.873. The maximum Gasteiger partial charge on any atom is 0.253 e. The third-order valence-corrected chi connectivity index (χ3v) is 5.29. The smallest absolute Gasteiger partial charge is 0.253 e. The number of nitrogens with zero attached hydrogens (tertiary/aromatic N) is 2. The number of benzene rings is 1. The highest BCUT2D eigenvalue weighted by Gasteiger charge is 2.39. The van der Waals surface area contributed by atoms with Crippen LogP contribution in [0, 0.1) is 0 Å². The number of carbonyl (C=O) groups is 1. The number of ether oxygens (including phenoxy) is 2. The summed E-state index contributed by atoms with van der Waals surface area (Å²) >= 11 is 5.87. The number of nitrogens with one attached hydrogen (secondary N) is 1. The summed E-state index contributed by atoms with van der Waals surface area (Å²) in [6.07, 6.45) is 3.29. The second-order valence-corrected chi connectivity index (χ2v) is 7.25. The lowest BCUT2D eigenvalue weighted by atomic mass is 10.0. The van der Waals surface area contributed by atoms with Crippen LogP contribution in [0.2, 0.25) is 5.02 Å². The van der Waals surface area contributed by atoms with Gasteiger partial charge in [-0.1, -0.05) is 23.7 Å². The van der Waals surface area contributed by atoms with Gasteiger partial charge in [0.2, 0.25) is 0 Å². The predicted octanol–water partition coefficient (Wildman–Crippen LogP) is 3.01. The van der Waals surface area contributed by atoms with Gasteiger partial charge >= 0.3 is 0 Å². The van der Waals surface area contributed by atoms with Crippen molar-refractivity contribution in [3.63, 3.8) is 0 Å². The molecule has 1 spiro atoms. The molecule has 1 N–H and O–H groups in total. The lowest BCUT2D eigenvalue weighted by Gasteiger charge is -2.38. The average molecular weight is 388 g/mol. The Hall–Kier alpha value is -2.15. The number of piperidine rings is 1. The Morgan fingerprint density at radius 1 is 1.11 bits per heavy atom. The van der Waals surface area contributed by atoms with Crippen LogP contribution in [0.3, 0.4) is 0 Å². The number of hydrogen-bond donors (Lipinski definition) is 1. The maximum absolute atomic E-state index is 12.3. The molecule has 0 bridgehead atoms. The van der Waals surface area contributed by atoms with Gasteiger partial charge in [-0.25, -0.2) is 4.98 Å². The first-order valence-corrected chi connectivity index (χ1v) is 9.53. The summed E-state index contributed by atoms with van der Waals surface area (Å²) in [6, 6.07) is 11.1. The number of anilines is 1. The zero-order valence-corrected chi connectivity index (χ0v) is 15.7. The van der Waals surface area contributed by atoms with E-state index in [9.17, 15) is 4.79 Å². The van der Waals surface area contributed by atoms with Gasteiger partial charge in [0, 0.05) is 43.7 Å². The first kappa shape index (κ1) is 18.2. The molecule has 2 aromatic rings. The molecule has 2 aliphatic rings. The van der Waals surface area contributed by atoms with Crippen LogP contribution >= 0.6 is 11.6 Å². The fourth-order valence-corrected chi connectivity index (χ4v) is 3.58. The molecule has 0 saturated carbocycles. The van der Waals surface area contributed by atoms with Crippen LogP contribution in [-0.2, 0) is 16.0 Å². The largest absolute Gasteiger partial charge is 0.356 e. The molecule has 3 heterocycles. The minimum Gasteiger partial charge on any atom is -0.356 e. The Morgan fingerprint density at radius 2 is 1.81 bits per heavy atom. The highest BCUT2D eigenvalue weighted by Crippen LogP contribution is 2.32. The summed E-state index contributed by atoms with van der Waals surface area (Å²) in [6.45, 7) is 3.46. The maximum atomic E-state index is 12.3. The second-order valence-electron chi connectivity index (χ2n) is 6.81. The molecular formula is C20H22ClN3O3. The van der Waals surface area contributed by atoms with Gasteiger partial charge in [-0.05, 0) is 29.8 Å². The van der Waals surface area contributed by atoms with E-state index in [4.69, 9.17) is 21.1 Å². The van der Waals surface area contributed by atoms with Gasteiger partial charge in [0.1, 0.15) is 5.82 Å². The number of amides is 1. The summed E-state index contributed by atoms with van der Waals surface area (Å²) in [5, 5.41) is 3.58. The Labute approximate surface area is 163 Å². The molecule has 27 heavy (non-hydrogen) atoms. The van der Waals surface area contributed by atoms with Gasteiger partial charge in [0.15, 0.2) is 5.79 Å². The van der Waals surface area contributed by atoms with Crippen molar-refractivity contribution in [2.45, 2.75) is 25.2 Å². The molecule has 0 unspecified atom stereocenters. The Kier molecular flexibility index (Phi) is 5.29. The topological polar surface area (TPSA) is 63.7 Å². The van der Waals surface area contributed by atoms with E-state index in [0.29, 0.717) is 30.3 Å². The van der Waals surface area contributed by atoms with E-state index in [0.717, 1.165) is 37.3 Å². The second kappa shape index (κ2) is 7.84. The van der Waals surface area contributed by atoms with Crippen LogP contribution < -0.4 is 10.2 Å². The number of aromatic nitrogens is 1. The normalized spacial score (nSPS) is 18.6. The van der Waals surface area contributed by atoms with Crippen molar-refractivity contribution in [1.82, 2.24) is 10.3 Å². The van der Waals surface area contributed by atoms with E-state index in [-0.39, 0.29) is 5.91 Å². The Balaban J connectivity index is 1.32. The van der Waals surface area contributed by atoms with Crippen molar-refractivity contribution in [3.05, 3.63) is 58.7 Å². The Morgan fingerprint density at radius 3 is 2.44 bits per heavy atom. The van der Waals surface area contributed by atoms with E-state index in [2.05, 4.69) is 15.2 Å². The Bertz CT molecular complexity index is 779. The fraction of sp³-hybridized carbons (Fsp3) is 0.400. The lowest BCUT2D eigenvalue weighted by Crippen LogP contribution is -2.45. The summed E-state index contributed by atoms with van der Waals surface area (Å²) in [4.78, 5) is 19.0. The van der Waals surface area contributed by atoms with E-state index >= 15 is 0 Å². The third kappa shape index (κ3) is 4.24. The lowest BCUT2D eigenvalue weighted by molar-refractivity contribution is -0.169. The fourth-order valence-electron chi connectivity index (χ4n) is 3.46. The first-order valence-electron chi connectivity index (χ1n) is 9.15. The van der Waals surface area contributed by atoms with Gasteiger partial charge in [-0.3, -0.25) is 4.79 Å². The molecule has 2 fully saturated rings. The van der Waals surface area contributed by atoms with Crippen LogP contribution in [0.5, 0.6) is 0 Å². The third-order valence-electron chi connectivity index (χ3n) is 5.04. The summed E-state index contributed by atoms with van der Waals surface area (Å²) < 4.78 is 11.5. The van der Waals surface area contributed by atoms with Crippen LogP contribution in [0.4, 0.5) is 5.82 Å². The molecule has 2 saturated heterocycles. The van der Waals surface area contributed by atoms with Crippen molar-refractivity contribution >= 4 is 23.3 Å². The standard InChI is InChI=1S/C20H22ClN3O3/c21-17-4-1-15(2-5-17)13-23-19(25)16-3-6-18(22-14-16)24-9-7-20(8-10-24)26-11-12-27-20/h1-6,14H,7-13H2,(H,23,25). The summed E-state index contributed by atoms with van der Waals surface area (Å²) in [7, 11) is 0. The van der Waals surface area contributed by atoms with Crippen LogP contribution in [0.1, 0.15) is 28.8 Å². The van der Waals surface area contributed by atoms with Crippen molar-refractivity contribution < 1.29 is 14.3 Å². The van der Waals surface area contributed by atoms with Crippen LogP contribution in [0.15, 0.2) is 42.6 Å². The SMILES string of the molecule is O=C(NCc1ccc(Cl)cc1)c1ccc(N2CCC3(CC2)OCCO3)nc1. The molecule has 142 valence electrons. The van der Waals surface area contributed by atoms with Gasteiger partial charge in [0.25, 0.3) is 5.91 Å². The molecular weight excluding hydrogens is 366 g/mol. The van der Waals surface area contributed by atoms with Crippen molar-refractivity contribution in [3.8, 4) is 0 Å². The highest BCUT2D eigenvalue weighted by molar-refractivity contribution is 6.30. The first-order chi connectivity index (χ1) is 13.1. The van der Waals surface area contributed by atoms with E-state index in [1.54, 1.807) is 6.20 Å². The molecule has 4 rings (SSSR count). The van der Waals surface area contributed by atoms with E-state index in [1.165, 1.54) is 0 Å². The molecule has 2 aliphatic heterocycles. The highest BCUT2D eigenvalue weighted by atomic mass is 35.5. The molecule has 0 atom stereocenters. The minimum atomic E-state index is -0.391. The van der Waals surface area contributed by atoms with Crippen molar-refractivity contribution in [2.24, 2.45) is 0 Å². The average Bonchev–Trinajstić information content (AvgIpc) is 3.16. The van der Waals surface area contributed by atoms with Crippen LogP contribution in [0.25, 0.3) is 0 Å². The van der Waals surface area contributed by atoms with Crippen molar-refractivity contribution in [1.29, 1.82) is 0 Å². The van der Waals surface area contributed by atoms with Gasteiger partial charge in [-0.15, -0.1) is 0 Å². The van der Waals surface area contributed by atoms with E-state index in [1.807, 2.05) is 36.4 Å². The monoisotopic (exact) mass is 387 g/mol. The van der Waals surface area contributed by atoms with Gasteiger partial charge < -0.3 is 19.7 Å². The molecule has 0 aliphatic carbocycles. The van der Waals surface area contributed by atoms with Crippen molar-refractivity contribution in [2.75, 3.05) is 31.2 Å². The molecule has 7 heteroatoms. The predicted molar refractivity (Wildman–Crippen MR) is 103 cm³/mol. The molecule has 1 aromatic carbocycles. The zero-order chi connectivity index (χ0) is 18.7. The minimum absolute atomic E-state index is 0.144. The summed E-state index contributed by atoms with van der Waals surface area (Å²) in [5.74, 6) is 0.337. The molecule has 6 nitrogen and oxygen atoms in total. The zero-order valence-electron chi connectivity index (χ0n) is 15.0. The number of hydrogen-bond acceptors (Lipinski definition) is 5. The van der Waals surface area contributed by atoms with Gasteiger partial charge in [-0.2, -0.15) is 0 Å². The number of rotatable bonds is 4. The van der Waals surface area contributed by atoms with E-state index < -0.39 is 5.79 Å². The summed E-state index contributed by atoms with van der Waals surface area (Å²) in [5.41, 5.74) is 1.54. The number of halogens is 1. The molecule has 1 aromatic heterocycles. The van der Waals surface area contributed by atoms with Gasteiger partial charge in [0.05, 0.1) is 18.8 Å².